The van der Waals surface area contributed by atoms with Gasteiger partial charge in [-0.3, -0.25) is 9.79 Å². The molecule has 1 amide bonds. The van der Waals surface area contributed by atoms with Gasteiger partial charge in [-0.25, -0.2) is 13.6 Å². The molecule has 1 rings (SSSR count). The Hall–Kier alpha value is -2.13. The van der Waals surface area contributed by atoms with Gasteiger partial charge in [0, 0.05) is 19.5 Å². The Kier molecular flexibility index (Phi) is 6.12. The third kappa shape index (κ3) is 6.72. The molecule has 0 aliphatic rings. The summed E-state index contributed by atoms with van der Waals surface area (Å²) in [4.78, 5) is 15.4. The van der Waals surface area contributed by atoms with Gasteiger partial charge in [-0.15, -0.1) is 0 Å². The molecule has 0 bridgehead atoms. The van der Waals surface area contributed by atoms with Crippen LogP contribution in [0.5, 0.6) is 0 Å². The van der Waals surface area contributed by atoms with Crippen molar-refractivity contribution in [2.75, 3.05) is 6.54 Å². The molecule has 0 aliphatic carbocycles. The van der Waals surface area contributed by atoms with Crippen LogP contribution in [-0.4, -0.2) is 26.8 Å². The van der Waals surface area contributed by atoms with Gasteiger partial charge in [-0.2, -0.15) is 0 Å². The molecule has 0 fully saturated rings. The van der Waals surface area contributed by atoms with Gasteiger partial charge >= 0.3 is 0 Å². The van der Waals surface area contributed by atoms with Crippen molar-refractivity contribution in [3.63, 3.8) is 0 Å². The van der Waals surface area contributed by atoms with Crippen molar-refractivity contribution in [2.24, 2.45) is 21.6 Å². The number of sulfonamides is 1. The molecular weight excluding hydrogens is 294 g/mol. The van der Waals surface area contributed by atoms with E-state index < -0.39 is 10.0 Å². The number of rotatable bonds is 7. The molecule has 9 heteroatoms. The number of benzene rings is 1. The molecule has 7 N–H and O–H groups in total. The average molecular weight is 313 g/mol. The second-order valence-corrected chi connectivity index (χ2v) is 5.94. The highest BCUT2D eigenvalue weighted by Crippen LogP contribution is 2.08. The molecule has 0 spiro atoms. The van der Waals surface area contributed by atoms with Crippen molar-refractivity contribution in [3.05, 3.63) is 29.8 Å². The summed E-state index contributed by atoms with van der Waals surface area (Å²) < 4.78 is 22.2. The van der Waals surface area contributed by atoms with Crippen molar-refractivity contribution in [1.29, 1.82) is 0 Å². The maximum absolute atomic E-state index is 11.5. The van der Waals surface area contributed by atoms with Crippen LogP contribution in [0.1, 0.15) is 18.4 Å². The van der Waals surface area contributed by atoms with E-state index in [0.717, 1.165) is 5.56 Å². The summed E-state index contributed by atoms with van der Waals surface area (Å²) in [7, 11) is -3.69. The van der Waals surface area contributed by atoms with Gasteiger partial charge in [-0.1, -0.05) is 12.1 Å². The zero-order valence-electron chi connectivity index (χ0n) is 11.5. The predicted octanol–water partition coefficient (Wildman–Crippen LogP) is -0.996. The molecule has 0 unspecified atom stereocenters. The highest BCUT2D eigenvalue weighted by molar-refractivity contribution is 7.89. The number of aliphatic imine (C=N–C) groups is 1. The van der Waals surface area contributed by atoms with Gasteiger partial charge in [0.05, 0.1) is 4.90 Å². The van der Waals surface area contributed by atoms with Gasteiger partial charge in [0.25, 0.3) is 0 Å². The third-order valence-corrected chi connectivity index (χ3v) is 3.53. The van der Waals surface area contributed by atoms with Crippen LogP contribution in [0.15, 0.2) is 34.2 Å². The van der Waals surface area contributed by atoms with Crippen molar-refractivity contribution in [2.45, 2.75) is 24.3 Å². The van der Waals surface area contributed by atoms with Gasteiger partial charge < -0.3 is 16.8 Å². The van der Waals surface area contributed by atoms with Crippen molar-refractivity contribution < 1.29 is 13.2 Å². The number of hydrogen-bond acceptors (Lipinski definition) is 4. The van der Waals surface area contributed by atoms with E-state index in [2.05, 4.69) is 10.3 Å². The number of nitrogens with two attached hydrogens (primary N) is 3. The maximum atomic E-state index is 11.5. The van der Waals surface area contributed by atoms with Crippen LogP contribution in [0.25, 0.3) is 0 Å². The molecule has 0 aliphatic heterocycles. The summed E-state index contributed by atoms with van der Waals surface area (Å²) in [5.74, 6) is -0.123. The topological polar surface area (TPSA) is 154 Å². The van der Waals surface area contributed by atoms with E-state index in [4.69, 9.17) is 16.6 Å². The molecule has 0 heterocycles. The summed E-state index contributed by atoms with van der Waals surface area (Å²) in [6.45, 7) is 0.713. The number of hydrogen-bond donors (Lipinski definition) is 4. The third-order valence-electron chi connectivity index (χ3n) is 2.60. The van der Waals surface area contributed by atoms with Crippen LogP contribution in [0.3, 0.4) is 0 Å². The average Bonchev–Trinajstić information content (AvgIpc) is 2.40. The van der Waals surface area contributed by atoms with Crippen LogP contribution in [0.4, 0.5) is 0 Å². The molecule has 116 valence electrons. The fraction of sp³-hybridized carbons (Fsp3) is 0.333. The van der Waals surface area contributed by atoms with Gasteiger partial charge in [-0.05, 0) is 24.1 Å². The second kappa shape index (κ2) is 7.60. The van der Waals surface area contributed by atoms with E-state index in [1.165, 1.54) is 12.1 Å². The minimum Gasteiger partial charge on any atom is -0.370 e. The summed E-state index contributed by atoms with van der Waals surface area (Å²) in [6, 6.07) is 5.99. The molecular formula is C12H19N5O3S. The lowest BCUT2D eigenvalue weighted by Crippen LogP contribution is -2.24. The van der Waals surface area contributed by atoms with Crippen LogP contribution < -0.4 is 21.9 Å². The quantitative estimate of drug-likeness (QED) is 0.289. The number of carbonyl (C=O) groups excluding carboxylic acids is 1. The van der Waals surface area contributed by atoms with E-state index in [0.29, 0.717) is 25.9 Å². The summed E-state index contributed by atoms with van der Waals surface area (Å²) >= 11 is 0. The Morgan fingerprint density at radius 2 is 1.81 bits per heavy atom. The fourth-order valence-corrected chi connectivity index (χ4v) is 2.05. The standard InChI is InChI=1S/C12H19N5O3S/c13-12(14)16-7-1-2-11(18)17-8-9-3-5-10(6-4-9)21(15,19)20/h3-6H,1-2,7-8H2,(H,17,18)(H4,13,14,16)(H2,15,19,20). The lowest BCUT2D eigenvalue weighted by Gasteiger charge is -2.05. The van der Waals surface area contributed by atoms with Crippen LogP contribution in [-0.2, 0) is 21.4 Å². The smallest absolute Gasteiger partial charge is 0.238 e. The summed E-state index contributed by atoms with van der Waals surface area (Å²) in [5, 5.41) is 7.71. The monoisotopic (exact) mass is 313 g/mol. The Morgan fingerprint density at radius 1 is 1.19 bits per heavy atom. The van der Waals surface area contributed by atoms with Crippen molar-refractivity contribution in [1.82, 2.24) is 5.32 Å². The highest BCUT2D eigenvalue weighted by atomic mass is 32.2. The predicted molar refractivity (Wildman–Crippen MR) is 79.6 cm³/mol. The number of nitrogens with one attached hydrogen (secondary N) is 1. The Bertz CT molecular complexity index is 606. The number of nitrogens with zero attached hydrogens (tertiary/aromatic N) is 1. The van der Waals surface area contributed by atoms with E-state index in [-0.39, 0.29) is 16.8 Å². The Labute approximate surface area is 123 Å². The number of primary sulfonamides is 1. The molecule has 0 atom stereocenters. The van der Waals surface area contributed by atoms with E-state index in [1.807, 2.05) is 0 Å². The largest absolute Gasteiger partial charge is 0.370 e. The molecule has 1 aromatic rings. The molecule has 0 aromatic heterocycles. The van der Waals surface area contributed by atoms with Gasteiger partial charge in [0.2, 0.25) is 15.9 Å². The normalized spacial score (nSPS) is 10.9. The fourth-order valence-electron chi connectivity index (χ4n) is 1.53. The summed E-state index contributed by atoms with van der Waals surface area (Å²) in [6.07, 6.45) is 0.861. The highest BCUT2D eigenvalue weighted by Gasteiger charge is 2.07. The lowest BCUT2D eigenvalue weighted by atomic mass is 10.2. The summed E-state index contributed by atoms with van der Waals surface area (Å²) in [5.41, 5.74) is 11.1. The Morgan fingerprint density at radius 3 is 2.33 bits per heavy atom. The minimum atomic E-state index is -3.69. The first kappa shape index (κ1) is 16.9. The van der Waals surface area contributed by atoms with Gasteiger partial charge in [0.1, 0.15) is 0 Å². The van der Waals surface area contributed by atoms with Crippen LogP contribution in [0.2, 0.25) is 0 Å². The van der Waals surface area contributed by atoms with E-state index in [1.54, 1.807) is 12.1 Å². The van der Waals surface area contributed by atoms with E-state index in [9.17, 15) is 13.2 Å². The first-order valence-electron chi connectivity index (χ1n) is 6.23. The zero-order chi connectivity index (χ0) is 15.9. The van der Waals surface area contributed by atoms with Gasteiger partial charge in [0.15, 0.2) is 5.96 Å². The van der Waals surface area contributed by atoms with Crippen LogP contribution >= 0.6 is 0 Å². The SMILES string of the molecule is NC(N)=NCCCC(=O)NCc1ccc(S(N)(=O)=O)cc1. The van der Waals surface area contributed by atoms with Crippen molar-refractivity contribution in [3.8, 4) is 0 Å². The first-order valence-corrected chi connectivity index (χ1v) is 7.77. The molecule has 0 radical (unpaired) electrons. The van der Waals surface area contributed by atoms with Crippen molar-refractivity contribution >= 4 is 21.9 Å². The number of carbonyl (C=O) groups is 1. The molecule has 8 nitrogen and oxygen atoms in total. The second-order valence-electron chi connectivity index (χ2n) is 4.38. The zero-order valence-corrected chi connectivity index (χ0v) is 12.3. The molecule has 0 saturated carbocycles. The number of guanidine groups is 1. The maximum Gasteiger partial charge on any atom is 0.238 e. The van der Waals surface area contributed by atoms with E-state index >= 15 is 0 Å². The Balaban J connectivity index is 2.38. The first-order chi connectivity index (χ1) is 9.79. The molecule has 1 aromatic carbocycles. The molecule has 0 saturated heterocycles. The minimum absolute atomic E-state index is 0.00496. The van der Waals surface area contributed by atoms with Crippen LogP contribution in [0, 0.1) is 0 Å². The number of amides is 1. The molecule has 21 heavy (non-hydrogen) atoms. The lowest BCUT2D eigenvalue weighted by molar-refractivity contribution is -0.121.